The molecule has 2 aromatic rings. The first kappa shape index (κ1) is 6.90. The zero-order valence-electron chi connectivity index (χ0n) is 5.54. The summed E-state index contributed by atoms with van der Waals surface area (Å²) in [6.07, 6.45) is 0. The van der Waals surface area contributed by atoms with Gasteiger partial charge in [0.15, 0.2) is 5.58 Å². The minimum absolute atomic E-state index is 0.642. The van der Waals surface area contributed by atoms with Crippen molar-refractivity contribution in [1.82, 2.24) is 4.98 Å². The fourth-order valence-electron chi connectivity index (χ4n) is 0.916. The number of oxazole rings is 1. The summed E-state index contributed by atoms with van der Waals surface area (Å²) in [5.74, 6) is 0. The van der Waals surface area contributed by atoms with Crippen molar-refractivity contribution >= 4 is 39.4 Å². The molecule has 0 atom stereocenters. The van der Waals surface area contributed by atoms with Crippen LogP contribution in [-0.2, 0) is 0 Å². The number of fused-ring (bicyclic) bond motifs is 1. The number of aromatic nitrogens is 1. The summed E-state index contributed by atoms with van der Waals surface area (Å²) in [5.41, 5.74) is 7.85. The van der Waals surface area contributed by atoms with Crippen LogP contribution in [0, 0.1) is 3.90 Å². The quantitative estimate of drug-likeness (QED) is 0.582. The van der Waals surface area contributed by atoms with E-state index in [-0.39, 0.29) is 0 Å². The molecule has 3 nitrogen and oxygen atoms in total. The van der Waals surface area contributed by atoms with Gasteiger partial charge in [0.2, 0.25) is 0 Å². The maximum Gasteiger partial charge on any atom is 0.258 e. The Morgan fingerprint density at radius 1 is 1.45 bits per heavy atom. The van der Waals surface area contributed by atoms with Crippen LogP contribution < -0.4 is 5.73 Å². The van der Waals surface area contributed by atoms with E-state index in [0.717, 1.165) is 11.1 Å². The fraction of sp³-hybridized carbons (Fsp3) is 0. The number of hydrogen-bond donors (Lipinski definition) is 1. The van der Waals surface area contributed by atoms with Gasteiger partial charge in [-0.3, -0.25) is 0 Å². The van der Waals surface area contributed by atoms with Gasteiger partial charge in [0.05, 0.1) is 0 Å². The van der Waals surface area contributed by atoms with E-state index < -0.39 is 0 Å². The molecule has 0 unspecified atom stereocenters. The molecule has 0 fully saturated rings. The third kappa shape index (κ3) is 1.18. The van der Waals surface area contributed by atoms with Gasteiger partial charge in [-0.1, -0.05) is 0 Å². The molecule has 0 aliphatic rings. The van der Waals surface area contributed by atoms with E-state index >= 15 is 0 Å². The van der Waals surface area contributed by atoms with Crippen LogP contribution in [0.3, 0.4) is 0 Å². The summed E-state index contributed by atoms with van der Waals surface area (Å²) in [5, 5.41) is 0. The maximum atomic E-state index is 5.55. The van der Waals surface area contributed by atoms with Crippen molar-refractivity contribution in [3.8, 4) is 0 Å². The van der Waals surface area contributed by atoms with Gasteiger partial charge < -0.3 is 10.2 Å². The molecule has 0 amide bonds. The Morgan fingerprint density at radius 3 is 3.09 bits per heavy atom. The number of anilines is 1. The van der Waals surface area contributed by atoms with Crippen molar-refractivity contribution < 1.29 is 4.42 Å². The summed E-state index contributed by atoms with van der Waals surface area (Å²) in [6, 6.07) is 5.41. The molecule has 11 heavy (non-hydrogen) atoms. The Bertz CT molecular complexity index is 396. The first-order valence-electron chi connectivity index (χ1n) is 3.07. The van der Waals surface area contributed by atoms with Crippen LogP contribution in [0.2, 0.25) is 0 Å². The molecule has 4 heteroatoms. The molecule has 0 aliphatic heterocycles. The molecule has 0 aliphatic carbocycles. The third-order valence-corrected chi connectivity index (χ3v) is 1.85. The molecular weight excluding hydrogens is 255 g/mol. The van der Waals surface area contributed by atoms with Crippen LogP contribution in [0.5, 0.6) is 0 Å². The standard InChI is InChI=1S/C7H5IN2O/c8-7-10-5-3-4(9)1-2-6(5)11-7/h1-3H,9H2. The third-order valence-electron chi connectivity index (χ3n) is 1.39. The predicted octanol–water partition coefficient (Wildman–Crippen LogP) is 2.01. The highest BCUT2D eigenvalue weighted by atomic mass is 127. The number of nitrogen functional groups attached to an aromatic ring is 1. The average molecular weight is 260 g/mol. The summed E-state index contributed by atoms with van der Waals surface area (Å²) < 4.78 is 5.88. The molecule has 2 N–H and O–H groups in total. The number of nitrogens with two attached hydrogens (primary N) is 1. The number of nitrogens with zero attached hydrogens (tertiary/aromatic N) is 1. The van der Waals surface area contributed by atoms with Crippen LogP contribution in [0.1, 0.15) is 0 Å². The highest BCUT2D eigenvalue weighted by Gasteiger charge is 2.01. The monoisotopic (exact) mass is 260 g/mol. The highest BCUT2D eigenvalue weighted by Crippen LogP contribution is 2.18. The predicted molar refractivity (Wildman–Crippen MR) is 51.1 cm³/mol. The lowest BCUT2D eigenvalue weighted by Gasteiger charge is -1.88. The van der Waals surface area contributed by atoms with Crippen molar-refractivity contribution in [1.29, 1.82) is 0 Å². The Labute approximate surface area is 76.7 Å². The molecule has 0 radical (unpaired) electrons. The van der Waals surface area contributed by atoms with E-state index in [2.05, 4.69) is 4.98 Å². The van der Waals surface area contributed by atoms with E-state index in [9.17, 15) is 0 Å². The van der Waals surface area contributed by atoms with Crippen molar-refractivity contribution in [2.75, 3.05) is 5.73 Å². The van der Waals surface area contributed by atoms with Gasteiger partial charge in [-0.05, 0) is 18.2 Å². The maximum absolute atomic E-state index is 5.55. The Hall–Kier alpha value is -0.780. The second-order valence-corrected chi connectivity index (χ2v) is 3.12. The van der Waals surface area contributed by atoms with E-state index in [1.54, 1.807) is 12.1 Å². The first-order valence-corrected chi connectivity index (χ1v) is 4.15. The molecular formula is C7H5IN2O. The number of halogens is 1. The Balaban J connectivity index is 2.82. The van der Waals surface area contributed by atoms with Crippen LogP contribution in [0.4, 0.5) is 5.69 Å². The number of hydrogen-bond acceptors (Lipinski definition) is 3. The second kappa shape index (κ2) is 2.37. The molecule has 0 spiro atoms. The Kier molecular flexibility index (Phi) is 1.49. The zero-order valence-corrected chi connectivity index (χ0v) is 7.70. The SMILES string of the molecule is Nc1ccc2oc(I)nc2c1. The topological polar surface area (TPSA) is 52.0 Å². The largest absolute Gasteiger partial charge is 0.432 e. The molecule has 0 saturated heterocycles. The average Bonchev–Trinajstić information content (AvgIpc) is 2.27. The fourth-order valence-corrected chi connectivity index (χ4v) is 1.41. The van der Waals surface area contributed by atoms with Crippen LogP contribution in [0.15, 0.2) is 22.6 Å². The van der Waals surface area contributed by atoms with Gasteiger partial charge in [0, 0.05) is 28.3 Å². The summed E-state index contributed by atoms with van der Waals surface area (Å²) in [6.45, 7) is 0. The van der Waals surface area contributed by atoms with Gasteiger partial charge in [0.25, 0.3) is 3.90 Å². The highest BCUT2D eigenvalue weighted by molar-refractivity contribution is 14.1. The minimum atomic E-state index is 0.642. The molecule has 56 valence electrons. The molecule has 1 heterocycles. The van der Waals surface area contributed by atoms with Gasteiger partial charge >= 0.3 is 0 Å². The summed E-state index contributed by atoms with van der Waals surface area (Å²) in [7, 11) is 0. The van der Waals surface area contributed by atoms with Crippen molar-refractivity contribution in [2.45, 2.75) is 0 Å². The lowest BCUT2D eigenvalue weighted by molar-refractivity contribution is 0.566. The van der Waals surface area contributed by atoms with E-state index in [4.69, 9.17) is 10.2 Å². The molecule has 0 bridgehead atoms. The van der Waals surface area contributed by atoms with Crippen LogP contribution in [-0.4, -0.2) is 4.98 Å². The van der Waals surface area contributed by atoms with Gasteiger partial charge in [-0.2, -0.15) is 0 Å². The lowest BCUT2D eigenvalue weighted by Crippen LogP contribution is -1.81. The summed E-state index contributed by atoms with van der Waals surface area (Å²) in [4.78, 5) is 4.11. The molecule has 0 saturated carbocycles. The van der Waals surface area contributed by atoms with E-state index in [1.807, 2.05) is 28.7 Å². The van der Waals surface area contributed by atoms with Crippen molar-refractivity contribution in [3.63, 3.8) is 0 Å². The lowest BCUT2D eigenvalue weighted by atomic mass is 10.3. The minimum Gasteiger partial charge on any atom is -0.432 e. The van der Waals surface area contributed by atoms with Crippen LogP contribution in [0.25, 0.3) is 11.1 Å². The second-order valence-electron chi connectivity index (χ2n) is 2.19. The molecule has 2 rings (SSSR count). The first-order chi connectivity index (χ1) is 5.25. The Morgan fingerprint density at radius 2 is 2.27 bits per heavy atom. The van der Waals surface area contributed by atoms with Crippen molar-refractivity contribution in [3.05, 3.63) is 22.1 Å². The number of benzene rings is 1. The van der Waals surface area contributed by atoms with E-state index in [1.165, 1.54) is 0 Å². The van der Waals surface area contributed by atoms with Gasteiger partial charge in [-0.25, -0.2) is 4.98 Å². The molecule has 1 aromatic carbocycles. The van der Waals surface area contributed by atoms with Gasteiger partial charge in [0.1, 0.15) is 5.52 Å². The van der Waals surface area contributed by atoms with Crippen LogP contribution >= 0.6 is 22.6 Å². The zero-order chi connectivity index (χ0) is 7.84. The van der Waals surface area contributed by atoms with E-state index in [0.29, 0.717) is 9.58 Å². The van der Waals surface area contributed by atoms with Crippen molar-refractivity contribution in [2.24, 2.45) is 0 Å². The normalized spacial score (nSPS) is 10.6. The smallest absolute Gasteiger partial charge is 0.258 e. The molecule has 1 aromatic heterocycles. The summed E-state index contributed by atoms with van der Waals surface area (Å²) >= 11 is 2.03. The number of rotatable bonds is 0. The van der Waals surface area contributed by atoms with Gasteiger partial charge in [-0.15, -0.1) is 0 Å².